The molecule has 2 N–H and O–H groups in total. The van der Waals surface area contributed by atoms with Crippen LogP contribution < -0.4 is 15.4 Å². The Balaban J connectivity index is 1.81. The minimum Gasteiger partial charge on any atom is -0.489 e. The van der Waals surface area contributed by atoms with Crippen LogP contribution in [0.2, 0.25) is 0 Å². The number of amides is 3. The fraction of sp³-hybridized carbons (Fsp3) is 0.375. The van der Waals surface area contributed by atoms with E-state index < -0.39 is 24.5 Å². The second kappa shape index (κ2) is 10.6. The van der Waals surface area contributed by atoms with Crippen molar-refractivity contribution < 1.29 is 23.9 Å². The first-order chi connectivity index (χ1) is 14.5. The molecular weight excluding hydrogens is 396 g/mol. The molecule has 2 rings (SSSR count). The molecule has 0 saturated carbocycles. The predicted molar refractivity (Wildman–Crippen MR) is 118 cm³/mol. The third-order valence-electron chi connectivity index (χ3n) is 4.32. The van der Waals surface area contributed by atoms with Gasteiger partial charge in [-0.05, 0) is 54.7 Å². The summed E-state index contributed by atoms with van der Waals surface area (Å²) < 4.78 is 10.7. The van der Waals surface area contributed by atoms with Crippen molar-refractivity contribution in [3.05, 3.63) is 65.2 Å². The molecule has 0 saturated heterocycles. The number of carbonyl (C=O) groups is 3. The molecule has 3 amide bonds. The van der Waals surface area contributed by atoms with Crippen LogP contribution in [0.1, 0.15) is 56.1 Å². The smallest absolute Gasteiger partial charge is 0.338 e. The molecule has 0 spiro atoms. The number of nitrogens with one attached hydrogen (secondary N) is 2. The third kappa shape index (κ3) is 8.12. The standard InChI is InChI=1S/C24H30N2O5/c1-16(2)25-23(29)26-21(27)15-31-22(28)18-8-6-17(7-9-18)14-30-20-12-10-19(11-13-20)24(3,4)5/h6-13,16H,14-15H2,1-5H3,(H2,25,26,27,29). The fourth-order valence-electron chi connectivity index (χ4n) is 2.63. The molecular formula is C24H30N2O5. The third-order valence-corrected chi connectivity index (χ3v) is 4.32. The van der Waals surface area contributed by atoms with Gasteiger partial charge in [-0.1, -0.05) is 45.0 Å². The summed E-state index contributed by atoms with van der Waals surface area (Å²) in [5, 5.41) is 4.60. The maximum atomic E-state index is 12.1. The number of hydrogen-bond acceptors (Lipinski definition) is 5. The van der Waals surface area contributed by atoms with Crippen LogP contribution in [0.5, 0.6) is 5.75 Å². The van der Waals surface area contributed by atoms with Crippen LogP contribution in [-0.4, -0.2) is 30.6 Å². The summed E-state index contributed by atoms with van der Waals surface area (Å²) in [6.07, 6.45) is 0. The molecule has 166 valence electrons. The van der Waals surface area contributed by atoms with Gasteiger partial charge in [-0.25, -0.2) is 9.59 Å². The highest BCUT2D eigenvalue weighted by Gasteiger charge is 2.14. The second-order valence-corrected chi connectivity index (χ2v) is 8.51. The lowest BCUT2D eigenvalue weighted by Gasteiger charge is -2.19. The van der Waals surface area contributed by atoms with E-state index >= 15 is 0 Å². The van der Waals surface area contributed by atoms with Crippen molar-refractivity contribution >= 4 is 17.9 Å². The van der Waals surface area contributed by atoms with Crippen LogP contribution in [-0.2, 0) is 21.6 Å². The summed E-state index contributed by atoms with van der Waals surface area (Å²) in [5.41, 5.74) is 2.51. The van der Waals surface area contributed by atoms with Crippen molar-refractivity contribution in [2.24, 2.45) is 0 Å². The molecule has 0 aliphatic carbocycles. The Labute approximate surface area is 183 Å². The lowest BCUT2D eigenvalue weighted by atomic mass is 9.87. The SMILES string of the molecule is CC(C)NC(=O)NC(=O)COC(=O)c1ccc(COc2ccc(C(C)(C)C)cc2)cc1. The van der Waals surface area contributed by atoms with Gasteiger partial charge in [0.2, 0.25) is 0 Å². The zero-order valence-corrected chi connectivity index (χ0v) is 18.7. The van der Waals surface area contributed by atoms with Gasteiger partial charge >= 0.3 is 12.0 Å². The molecule has 31 heavy (non-hydrogen) atoms. The fourth-order valence-corrected chi connectivity index (χ4v) is 2.63. The predicted octanol–water partition coefficient (Wildman–Crippen LogP) is 3.95. The zero-order valence-electron chi connectivity index (χ0n) is 18.7. The molecule has 7 heteroatoms. The van der Waals surface area contributed by atoms with Crippen LogP contribution in [0.4, 0.5) is 4.79 Å². The van der Waals surface area contributed by atoms with Crippen LogP contribution >= 0.6 is 0 Å². The lowest BCUT2D eigenvalue weighted by molar-refractivity contribution is -0.123. The van der Waals surface area contributed by atoms with Crippen molar-refractivity contribution in [1.29, 1.82) is 0 Å². The van der Waals surface area contributed by atoms with E-state index in [1.54, 1.807) is 38.1 Å². The van der Waals surface area contributed by atoms with E-state index in [4.69, 9.17) is 9.47 Å². The number of urea groups is 1. The summed E-state index contributed by atoms with van der Waals surface area (Å²) in [6, 6.07) is 14.0. The van der Waals surface area contributed by atoms with Gasteiger partial charge in [0.05, 0.1) is 5.56 Å². The van der Waals surface area contributed by atoms with E-state index in [0.717, 1.165) is 11.3 Å². The summed E-state index contributed by atoms with van der Waals surface area (Å²) in [4.78, 5) is 35.2. The van der Waals surface area contributed by atoms with Crippen LogP contribution in [0.3, 0.4) is 0 Å². The number of rotatable bonds is 7. The van der Waals surface area contributed by atoms with E-state index in [-0.39, 0.29) is 11.5 Å². The minimum atomic E-state index is -0.700. The maximum absolute atomic E-state index is 12.1. The normalized spacial score (nSPS) is 11.0. The maximum Gasteiger partial charge on any atom is 0.338 e. The highest BCUT2D eigenvalue weighted by molar-refractivity contribution is 5.97. The molecule has 0 aromatic heterocycles. The van der Waals surface area contributed by atoms with Gasteiger partial charge in [0, 0.05) is 6.04 Å². The summed E-state index contributed by atoms with van der Waals surface area (Å²) in [7, 11) is 0. The molecule has 0 fully saturated rings. The van der Waals surface area contributed by atoms with E-state index in [0.29, 0.717) is 12.2 Å². The van der Waals surface area contributed by atoms with E-state index in [9.17, 15) is 14.4 Å². The largest absolute Gasteiger partial charge is 0.489 e. The zero-order chi connectivity index (χ0) is 23.0. The van der Waals surface area contributed by atoms with E-state index in [1.807, 2.05) is 12.1 Å². The van der Waals surface area contributed by atoms with Gasteiger partial charge in [0.25, 0.3) is 5.91 Å². The van der Waals surface area contributed by atoms with Gasteiger partial charge in [-0.3, -0.25) is 10.1 Å². The first-order valence-corrected chi connectivity index (χ1v) is 10.1. The first kappa shape index (κ1) is 23.9. The number of esters is 1. The summed E-state index contributed by atoms with van der Waals surface area (Å²) >= 11 is 0. The second-order valence-electron chi connectivity index (χ2n) is 8.51. The van der Waals surface area contributed by atoms with Crippen LogP contribution in [0, 0.1) is 0 Å². The van der Waals surface area contributed by atoms with Crippen molar-refractivity contribution in [2.45, 2.75) is 52.7 Å². The first-order valence-electron chi connectivity index (χ1n) is 10.1. The Hall–Kier alpha value is -3.35. The Morgan fingerprint density at radius 3 is 2.10 bits per heavy atom. The molecule has 0 aliphatic heterocycles. The summed E-state index contributed by atoms with van der Waals surface area (Å²) in [5.74, 6) is -0.581. The molecule has 0 radical (unpaired) electrons. The Morgan fingerprint density at radius 1 is 0.935 bits per heavy atom. The number of hydrogen-bond donors (Lipinski definition) is 2. The van der Waals surface area contributed by atoms with Gasteiger partial charge in [-0.15, -0.1) is 0 Å². The number of carbonyl (C=O) groups excluding carboxylic acids is 3. The van der Waals surface area contributed by atoms with Gasteiger partial charge in [-0.2, -0.15) is 0 Å². The average Bonchev–Trinajstić information content (AvgIpc) is 2.70. The van der Waals surface area contributed by atoms with Crippen molar-refractivity contribution in [1.82, 2.24) is 10.6 Å². The molecule has 0 aliphatic rings. The molecule has 0 unspecified atom stereocenters. The molecule has 0 heterocycles. The van der Waals surface area contributed by atoms with Crippen LogP contribution in [0.25, 0.3) is 0 Å². The lowest BCUT2D eigenvalue weighted by Crippen LogP contribution is -2.44. The Bertz CT molecular complexity index is 897. The monoisotopic (exact) mass is 426 g/mol. The van der Waals surface area contributed by atoms with E-state index in [1.165, 1.54) is 5.56 Å². The van der Waals surface area contributed by atoms with E-state index in [2.05, 4.69) is 43.5 Å². The number of benzene rings is 2. The minimum absolute atomic E-state index is 0.0874. The molecule has 2 aromatic carbocycles. The van der Waals surface area contributed by atoms with Crippen molar-refractivity contribution in [3.8, 4) is 5.75 Å². The quantitative estimate of drug-likeness (QED) is 0.654. The van der Waals surface area contributed by atoms with Crippen LogP contribution in [0.15, 0.2) is 48.5 Å². The molecule has 2 aromatic rings. The Kier molecular flexibility index (Phi) is 8.19. The molecule has 0 atom stereocenters. The number of imide groups is 1. The number of ether oxygens (including phenoxy) is 2. The molecule has 7 nitrogen and oxygen atoms in total. The molecule has 0 bridgehead atoms. The highest BCUT2D eigenvalue weighted by Crippen LogP contribution is 2.24. The van der Waals surface area contributed by atoms with Crippen molar-refractivity contribution in [2.75, 3.05) is 6.61 Å². The Morgan fingerprint density at radius 2 is 1.55 bits per heavy atom. The van der Waals surface area contributed by atoms with Gasteiger partial charge in [0.15, 0.2) is 6.61 Å². The summed E-state index contributed by atoms with van der Waals surface area (Å²) in [6.45, 7) is 9.82. The average molecular weight is 427 g/mol. The highest BCUT2D eigenvalue weighted by atomic mass is 16.5. The van der Waals surface area contributed by atoms with Gasteiger partial charge in [0.1, 0.15) is 12.4 Å². The van der Waals surface area contributed by atoms with Gasteiger partial charge < -0.3 is 14.8 Å². The van der Waals surface area contributed by atoms with Crippen molar-refractivity contribution in [3.63, 3.8) is 0 Å². The topological polar surface area (TPSA) is 93.7 Å².